The number of aromatic nitrogens is 2. The maximum absolute atomic E-state index is 12.5. The van der Waals surface area contributed by atoms with Crippen molar-refractivity contribution in [3.63, 3.8) is 0 Å². The van der Waals surface area contributed by atoms with E-state index in [0.29, 0.717) is 18.1 Å². The SMILES string of the molecule is CCOC(=O)c1cc(-c2ccc3ccccc3c2)nc(-c2ccc3ccccc3c2)n1. The van der Waals surface area contributed by atoms with E-state index in [2.05, 4.69) is 41.4 Å². The lowest BCUT2D eigenvalue weighted by molar-refractivity contribution is 0.0519. The number of benzene rings is 4. The number of carbonyl (C=O) groups is 1. The van der Waals surface area contributed by atoms with E-state index in [1.54, 1.807) is 13.0 Å². The summed E-state index contributed by atoms with van der Waals surface area (Å²) >= 11 is 0. The summed E-state index contributed by atoms with van der Waals surface area (Å²) in [5.41, 5.74) is 2.72. The molecule has 5 rings (SSSR count). The summed E-state index contributed by atoms with van der Waals surface area (Å²) in [6.45, 7) is 2.08. The highest BCUT2D eigenvalue weighted by atomic mass is 16.5. The van der Waals surface area contributed by atoms with Crippen molar-refractivity contribution < 1.29 is 9.53 Å². The van der Waals surface area contributed by atoms with E-state index in [1.165, 1.54) is 0 Å². The minimum Gasteiger partial charge on any atom is -0.461 e. The molecule has 0 amide bonds. The predicted molar refractivity (Wildman–Crippen MR) is 124 cm³/mol. The molecule has 0 fully saturated rings. The Bertz CT molecular complexity index is 1330. The minimum absolute atomic E-state index is 0.253. The van der Waals surface area contributed by atoms with Gasteiger partial charge in [-0.15, -0.1) is 0 Å². The lowest BCUT2D eigenvalue weighted by Crippen LogP contribution is -2.09. The third-order valence-corrected chi connectivity index (χ3v) is 5.26. The van der Waals surface area contributed by atoms with Gasteiger partial charge in [-0.25, -0.2) is 14.8 Å². The van der Waals surface area contributed by atoms with Crippen LogP contribution in [-0.2, 0) is 4.74 Å². The van der Waals surface area contributed by atoms with Crippen molar-refractivity contribution in [2.45, 2.75) is 6.92 Å². The third-order valence-electron chi connectivity index (χ3n) is 5.26. The third kappa shape index (κ3) is 3.76. The first-order chi connectivity index (χ1) is 15.2. The topological polar surface area (TPSA) is 52.1 Å². The van der Waals surface area contributed by atoms with Crippen molar-refractivity contribution in [3.05, 3.63) is 96.7 Å². The molecule has 0 aliphatic carbocycles. The molecule has 4 nitrogen and oxygen atoms in total. The quantitative estimate of drug-likeness (QED) is 0.330. The fourth-order valence-corrected chi connectivity index (χ4v) is 3.71. The van der Waals surface area contributed by atoms with Crippen molar-refractivity contribution in [1.82, 2.24) is 9.97 Å². The van der Waals surface area contributed by atoms with Crippen LogP contribution in [-0.4, -0.2) is 22.5 Å². The van der Waals surface area contributed by atoms with E-state index in [0.717, 1.165) is 32.7 Å². The average molecular weight is 404 g/mol. The maximum Gasteiger partial charge on any atom is 0.357 e. The second kappa shape index (κ2) is 8.00. The second-order valence-electron chi connectivity index (χ2n) is 7.31. The Labute approximate surface area is 180 Å². The van der Waals surface area contributed by atoms with Gasteiger partial charge in [-0.3, -0.25) is 0 Å². The van der Waals surface area contributed by atoms with Gasteiger partial charge in [0.2, 0.25) is 0 Å². The number of ether oxygens (including phenoxy) is 1. The van der Waals surface area contributed by atoms with Crippen LogP contribution >= 0.6 is 0 Å². The number of nitrogens with zero attached hydrogens (tertiary/aromatic N) is 2. The van der Waals surface area contributed by atoms with Gasteiger partial charge in [0.1, 0.15) is 0 Å². The maximum atomic E-state index is 12.5. The van der Waals surface area contributed by atoms with E-state index in [4.69, 9.17) is 9.72 Å². The minimum atomic E-state index is -0.450. The number of esters is 1. The smallest absolute Gasteiger partial charge is 0.357 e. The van der Waals surface area contributed by atoms with Gasteiger partial charge in [0.25, 0.3) is 0 Å². The molecule has 0 radical (unpaired) electrons. The predicted octanol–water partition coefficient (Wildman–Crippen LogP) is 6.29. The van der Waals surface area contributed by atoms with E-state index < -0.39 is 5.97 Å². The Morgan fingerprint density at radius 3 is 1.94 bits per heavy atom. The van der Waals surface area contributed by atoms with Crippen LogP contribution < -0.4 is 0 Å². The Balaban J connectivity index is 1.68. The van der Waals surface area contributed by atoms with Gasteiger partial charge < -0.3 is 4.74 Å². The molecular formula is C27H20N2O2. The Morgan fingerprint density at radius 1 is 0.710 bits per heavy atom. The second-order valence-corrected chi connectivity index (χ2v) is 7.31. The lowest BCUT2D eigenvalue weighted by atomic mass is 10.0. The van der Waals surface area contributed by atoms with E-state index in [1.807, 2.05) is 48.5 Å². The molecule has 0 unspecified atom stereocenters. The first-order valence-electron chi connectivity index (χ1n) is 10.3. The fourth-order valence-electron chi connectivity index (χ4n) is 3.71. The molecule has 4 heteroatoms. The standard InChI is InChI=1S/C27H20N2O2/c1-2-31-27(30)25-17-24(22-13-11-18-7-3-5-9-20(18)15-22)28-26(29-25)23-14-12-19-8-4-6-10-21(19)16-23/h3-17H,2H2,1H3. The van der Waals surface area contributed by atoms with Crippen LogP contribution in [0, 0.1) is 0 Å². The summed E-state index contributed by atoms with van der Waals surface area (Å²) in [5.74, 6) is 0.0495. The van der Waals surface area contributed by atoms with Crippen LogP contribution in [0.1, 0.15) is 17.4 Å². The molecule has 0 saturated heterocycles. The molecule has 0 bridgehead atoms. The fraction of sp³-hybridized carbons (Fsp3) is 0.0741. The van der Waals surface area contributed by atoms with Crippen LogP contribution in [0.15, 0.2) is 91.0 Å². The molecule has 0 saturated carbocycles. The van der Waals surface area contributed by atoms with Crippen molar-refractivity contribution >= 4 is 27.5 Å². The summed E-state index contributed by atoms with van der Waals surface area (Å²) in [6, 6.07) is 30.2. The number of fused-ring (bicyclic) bond motifs is 2. The zero-order valence-corrected chi connectivity index (χ0v) is 17.1. The van der Waals surface area contributed by atoms with E-state index in [9.17, 15) is 4.79 Å². The molecule has 0 atom stereocenters. The molecule has 31 heavy (non-hydrogen) atoms. The summed E-state index contributed by atoms with van der Waals surface area (Å²) in [6.07, 6.45) is 0. The van der Waals surface area contributed by atoms with Crippen molar-refractivity contribution in [1.29, 1.82) is 0 Å². The summed E-state index contributed by atoms with van der Waals surface area (Å²) in [4.78, 5) is 21.9. The molecule has 1 aromatic heterocycles. The van der Waals surface area contributed by atoms with Gasteiger partial charge in [-0.05, 0) is 46.7 Å². The number of rotatable bonds is 4. The summed E-state index contributed by atoms with van der Waals surface area (Å²) in [7, 11) is 0. The van der Waals surface area contributed by atoms with Crippen LogP contribution in [0.3, 0.4) is 0 Å². The molecule has 0 spiro atoms. The zero-order valence-electron chi connectivity index (χ0n) is 17.1. The molecule has 5 aromatic rings. The van der Waals surface area contributed by atoms with E-state index in [-0.39, 0.29) is 5.69 Å². The Hall–Kier alpha value is -4.05. The largest absolute Gasteiger partial charge is 0.461 e. The molecule has 0 aliphatic rings. The van der Waals surface area contributed by atoms with E-state index >= 15 is 0 Å². The van der Waals surface area contributed by atoms with Gasteiger partial charge in [0.05, 0.1) is 12.3 Å². The van der Waals surface area contributed by atoms with Crippen LogP contribution in [0.25, 0.3) is 44.2 Å². The van der Waals surface area contributed by atoms with Crippen LogP contribution in [0.2, 0.25) is 0 Å². The van der Waals surface area contributed by atoms with Gasteiger partial charge in [-0.2, -0.15) is 0 Å². The van der Waals surface area contributed by atoms with Gasteiger partial charge in [0, 0.05) is 11.1 Å². The van der Waals surface area contributed by atoms with Crippen LogP contribution in [0.5, 0.6) is 0 Å². The normalized spacial score (nSPS) is 11.0. The first kappa shape index (κ1) is 18.9. The van der Waals surface area contributed by atoms with Gasteiger partial charge >= 0.3 is 5.97 Å². The summed E-state index contributed by atoms with van der Waals surface area (Å²) in [5, 5.41) is 4.50. The van der Waals surface area contributed by atoms with Crippen molar-refractivity contribution in [2.24, 2.45) is 0 Å². The molecule has 150 valence electrons. The van der Waals surface area contributed by atoms with Crippen molar-refractivity contribution in [3.8, 4) is 22.6 Å². The average Bonchev–Trinajstić information content (AvgIpc) is 2.83. The number of hydrogen-bond acceptors (Lipinski definition) is 4. The molecule has 1 heterocycles. The first-order valence-corrected chi connectivity index (χ1v) is 10.3. The summed E-state index contributed by atoms with van der Waals surface area (Å²) < 4.78 is 5.22. The Morgan fingerprint density at radius 2 is 1.29 bits per heavy atom. The number of carbonyl (C=O) groups excluding carboxylic acids is 1. The highest BCUT2D eigenvalue weighted by molar-refractivity contribution is 5.92. The highest BCUT2D eigenvalue weighted by Crippen LogP contribution is 2.27. The van der Waals surface area contributed by atoms with Gasteiger partial charge in [-0.1, -0.05) is 72.8 Å². The molecule has 0 N–H and O–H groups in total. The monoisotopic (exact) mass is 404 g/mol. The lowest BCUT2D eigenvalue weighted by Gasteiger charge is -2.10. The molecule has 0 aliphatic heterocycles. The zero-order chi connectivity index (χ0) is 21.2. The van der Waals surface area contributed by atoms with Crippen LogP contribution in [0.4, 0.5) is 0 Å². The Kier molecular flexibility index (Phi) is 4.89. The number of hydrogen-bond donors (Lipinski definition) is 0. The highest BCUT2D eigenvalue weighted by Gasteiger charge is 2.15. The van der Waals surface area contributed by atoms with Crippen molar-refractivity contribution in [2.75, 3.05) is 6.61 Å². The molecule has 4 aromatic carbocycles. The molecular weight excluding hydrogens is 384 g/mol. The van der Waals surface area contributed by atoms with Gasteiger partial charge in [0.15, 0.2) is 11.5 Å².